The van der Waals surface area contributed by atoms with Crippen molar-refractivity contribution in [3.05, 3.63) is 41.0 Å². The van der Waals surface area contributed by atoms with Gasteiger partial charge in [-0.3, -0.25) is 4.79 Å². The molecule has 1 aromatic heterocycles. The summed E-state index contributed by atoms with van der Waals surface area (Å²) in [6.07, 6.45) is 4.92. The van der Waals surface area contributed by atoms with E-state index >= 15 is 0 Å². The van der Waals surface area contributed by atoms with Gasteiger partial charge >= 0.3 is 0 Å². The van der Waals surface area contributed by atoms with Crippen LogP contribution in [-0.2, 0) is 0 Å². The summed E-state index contributed by atoms with van der Waals surface area (Å²) in [5, 5.41) is 6.77. The first-order chi connectivity index (χ1) is 12.1. The molecule has 6 nitrogen and oxygen atoms in total. The Morgan fingerprint density at radius 2 is 2.16 bits per heavy atom. The van der Waals surface area contributed by atoms with E-state index in [9.17, 15) is 4.79 Å². The van der Waals surface area contributed by atoms with Crippen molar-refractivity contribution in [2.45, 2.75) is 51.5 Å². The standard InChI is InChI=1S/C19H23N3O3/c1-11(18-21-12(2)25-22-18)20-19(23)15-7-8-16(14-5-6-14)17(9-15)24-10-13-3-4-13/h7-9,11,13-14H,3-6,10H2,1-2H3,(H,20,23). The summed E-state index contributed by atoms with van der Waals surface area (Å²) in [6, 6.07) is 5.47. The van der Waals surface area contributed by atoms with Crippen LogP contribution in [0.2, 0.25) is 0 Å². The van der Waals surface area contributed by atoms with Crippen LogP contribution in [0, 0.1) is 12.8 Å². The van der Waals surface area contributed by atoms with Gasteiger partial charge in [-0.15, -0.1) is 0 Å². The number of nitrogens with zero attached hydrogens (tertiary/aromatic N) is 2. The molecule has 2 saturated carbocycles. The molecule has 0 bridgehead atoms. The smallest absolute Gasteiger partial charge is 0.251 e. The first-order valence-corrected chi connectivity index (χ1v) is 8.98. The Labute approximate surface area is 147 Å². The van der Waals surface area contributed by atoms with Crippen molar-refractivity contribution < 1.29 is 14.1 Å². The van der Waals surface area contributed by atoms with E-state index in [1.54, 1.807) is 6.92 Å². The summed E-state index contributed by atoms with van der Waals surface area (Å²) < 4.78 is 11.0. The number of benzene rings is 1. The lowest BCUT2D eigenvalue weighted by molar-refractivity contribution is 0.0937. The molecule has 1 N–H and O–H groups in total. The Hall–Kier alpha value is -2.37. The Kier molecular flexibility index (Phi) is 4.19. The molecule has 1 amide bonds. The number of carbonyl (C=O) groups excluding carboxylic acids is 1. The third-order valence-electron chi connectivity index (χ3n) is 4.74. The van der Waals surface area contributed by atoms with Gasteiger partial charge in [-0.05, 0) is 62.1 Å². The van der Waals surface area contributed by atoms with Gasteiger partial charge in [-0.2, -0.15) is 4.98 Å². The predicted octanol–water partition coefficient (Wildman–Crippen LogP) is 3.54. The zero-order chi connectivity index (χ0) is 17.4. The van der Waals surface area contributed by atoms with Crippen LogP contribution < -0.4 is 10.1 Å². The highest BCUT2D eigenvalue weighted by molar-refractivity contribution is 5.95. The van der Waals surface area contributed by atoms with Crippen molar-refractivity contribution >= 4 is 5.91 Å². The normalized spacial score (nSPS) is 18.0. The van der Waals surface area contributed by atoms with Gasteiger partial charge in [0.25, 0.3) is 5.91 Å². The summed E-state index contributed by atoms with van der Waals surface area (Å²) in [7, 11) is 0. The van der Waals surface area contributed by atoms with Crippen LogP contribution in [0.5, 0.6) is 5.75 Å². The van der Waals surface area contributed by atoms with E-state index < -0.39 is 0 Å². The average Bonchev–Trinajstić information content (AvgIpc) is 3.52. The number of amides is 1. The van der Waals surface area contributed by atoms with Gasteiger partial charge in [0.05, 0.1) is 12.6 Å². The maximum atomic E-state index is 12.6. The summed E-state index contributed by atoms with van der Waals surface area (Å²) >= 11 is 0. The van der Waals surface area contributed by atoms with Crippen LogP contribution in [0.4, 0.5) is 0 Å². The fraction of sp³-hybridized carbons (Fsp3) is 0.526. The van der Waals surface area contributed by atoms with E-state index in [2.05, 4.69) is 15.5 Å². The van der Waals surface area contributed by atoms with Crippen LogP contribution in [0.25, 0.3) is 0 Å². The van der Waals surface area contributed by atoms with Crippen molar-refractivity contribution in [1.29, 1.82) is 0 Å². The molecule has 2 fully saturated rings. The lowest BCUT2D eigenvalue weighted by Gasteiger charge is -2.14. The maximum absolute atomic E-state index is 12.6. The lowest BCUT2D eigenvalue weighted by atomic mass is 10.1. The highest BCUT2D eigenvalue weighted by atomic mass is 16.5. The molecule has 0 aliphatic heterocycles. The zero-order valence-corrected chi connectivity index (χ0v) is 14.6. The van der Waals surface area contributed by atoms with Crippen molar-refractivity contribution in [2.24, 2.45) is 5.92 Å². The second-order valence-electron chi connectivity index (χ2n) is 7.15. The molecule has 25 heavy (non-hydrogen) atoms. The van der Waals surface area contributed by atoms with E-state index in [1.165, 1.54) is 31.2 Å². The van der Waals surface area contributed by atoms with Crippen LogP contribution in [0.3, 0.4) is 0 Å². The minimum Gasteiger partial charge on any atom is -0.493 e. The summed E-state index contributed by atoms with van der Waals surface area (Å²) in [6.45, 7) is 4.32. The number of hydrogen-bond donors (Lipinski definition) is 1. The molecule has 2 aliphatic rings. The molecule has 0 saturated heterocycles. The number of rotatable bonds is 7. The molecule has 0 radical (unpaired) electrons. The number of carbonyl (C=O) groups is 1. The molecule has 1 unspecified atom stereocenters. The molecule has 1 heterocycles. The van der Waals surface area contributed by atoms with E-state index in [4.69, 9.17) is 9.26 Å². The SMILES string of the molecule is Cc1nc(C(C)NC(=O)c2ccc(C3CC3)c(OCC3CC3)c2)no1. The number of nitrogens with one attached hydrogen (secondary N) is 1. The first-order valence-electron chi connectivity index (χ1n) is 8.98. The second kappa shape index (κ2) is 6.50. The average molecular weight is 341 g/mol. The largest absolute Gasteiger partial charge is 0.493 e. The Bertz CT molecular complexity index is 778. The van der Waals surface area contributed by atoms with Gasteiger partial charge < -0.3 is 14.6 Å². The fourth-order valence-electron chi connectivity index (χ4n) is 2.86. The Balaban J connectivity index is 1.48. The van der Waals surface area contributed by atoms with E-state index in [-0.39, 0.29) is 11.9 Å². The van der Waals surface area contributed by atoms with Crippen molar-refractivity contribution in [1.82, 2.24) is 15.5 Å². The molecule has 1 aromatic carbocycles. The Morgan fingerprint density at radius 3 is 2.80 bits per heavy atom. The number of ether oxygens (including phenoxy) is 1. The number of hydrogen-bond acceptors (Lipinski definition) is 5. The van der Waals surface area contributed by atoms with Crippen molar-refractivity contribution in [3.63, 3.8) is 0 Å². The zero-order valence-electron chi connectivity index (χ0n) is 14.6. The van der Waals surface area contributed by atoms with Crippen LogP contribution in [0.1, 0.15) is 72.2 Å². The highest BCUT2D eigenvalue weighted by Gasteiger charge is 2.29. The van der Waals surface area contributed by atoms with Gasteiger partial charge in [0.1, 0.15) is 5.75 Å². The Morgan fingerprint density at radius 1 is 1.36 bits per heavy atom. The fourth-order valence-corrected chi connectivity index (χ4v) is 2.86. The summed E-state index contributed by atoms with van der Waals surface area (Å²) in [5.74, 6) is 2.95. The monoisotopic (exact) mass is 341 g/mol. The molecule has 132 valence electrons. The summed E-state index contributed by atoms with van der Waals surface area (Å²) in [5.41, 5.74) is 1.83. The first kappa shape index (κ1) is 16.1. The second-order valence-corrected chi connectivity index (χ2v) is 7.15. The van der Waals surface area contributed by atoms with Gasteiger partial charge in [0.15, 0.2) is 5.82 Å². The number of aryl methyl sites for hydroxylation is 1. The van der Waals surface area contributed by atoms with Gasteiger partial charge in [-0.1, -0.05) is 11.2 Å². The van der Waals surface area contributed by atoms with Crippen LogP contribution >= 0.6 is 0 Å². The van der Waals surface area contributed by atoms with E-state index in [0.29, 0.717) is 29.1 Å². The maximum Gasteiger partial charge on any atom is 0.251 e. The molecular formula is C19H23N3O3. The molecular weight excluding hydrogens is 318 g/mol. The third-order valence-corrected chi connectivity index (χ3v) is 4.74. The van der Waals surface area contributed by atoms with Gasteiger partial charge in [-0.25, -0.2) is 0 Å². The number of aromatic nitrogens is 2. The van der Waals surface area contributed by atoms with Gasteiger partial charge in [0, 0.05) is 12.5 Å². The van der Waals surface area contributed by atoms with Crippen molar-refractivity contribution in [2.75, 3.05) is 6.61 Å². The molecule has 4 rings (SSSR count). The van der Waals surface area contributed by atoms with Crippen LogP contribution in [0.15, 0.2) is 22.7 Å². The molecule has 1 atom stereocenters. The van der Waals surface area contributed by atoms with E-state index in [0.717, 1.165) is 12.4 Å². The predicted molar refractivity (Wildman–Crippen MR) is 91.6 cm³/mol. The minimum atomic E-state index is -0.316. The van der Waals surface area contributed by atoms with Crippen molar-refractivity contribution in [3.8, 4) is 5.75 Å². The lowest BCUT2D eigenvalue weighted by Crippen LogP contribution is -2.27. The summed E-state index contributed by atoms with van der Waals surface area (Å²) in [4.78, 5) is 16.7. The quantitative estimate of drug-likeness (QED) is 0.833. The highest BCUT2D eigenvalue weighted by Crippen LogP contribution is 2.45. The molecule has 6 heteroatoms. The van der Waals surface area contributed by atoms with E-state index in [1.807, 2.05) is 25.1 Å². The molecule has 2 aliphatic carbocycles. The van der Waals surface area contributed by atoms with Crippen LogP contribution in [-0.4, -0.2) is 22.7 Å². The third kappa shape index (κ3) is 3.83. The molecule has 2 aromatic rings. The van der Waals surface area contributed by atoms with Gasteiger partial charge in [0.2, 0.25) is 5.89 Å². The minimum absolute atomic E-state index is 0.159. The molecule has 0 spiro atoms. The topological polar surface area (TPSA) is 77.2 Å².